The lowest BCUT2D eigenvalue weighted by atomic mass is 10.0. The zero-order chi connectivity index (χ0) is 23.1. The number of ketones is 1. The van der Waals surface area contributed by atoms with E-state index in [9.17, 15) is 9.00 Å². The highest BCUT2D eigenvalue weighted by Gasteiger charge is 2.21. The van der Waals surface area contributed by atoms with Crippen LogP contribution in [-0.2, 0) is 11.0 Å². The van der Waals surface area contributed by atoms with Gasteiger partial charge in [0, 0.05) is 52.6 Å². The van der Waals surface area contributed by atoms with E-state index in [0.29, 0.717) is 28.8 Å². The van der Waals surface area contributed by atoms with Gasteiger partial charge in [0.15, 0.2) is 11.6 Å². The van der Waals surface area contributed by atoms with Crippen molar-refractivity contribution in [3.05, 3.63) is 78.1 Å². The summed E-state index contributed by atoms with van der Waals surface area (Å²) < 4.78 is 29.6. The van der Waals surface area contributed by atoms with Crippen LogP contribution in [0.4, 0.5) is 10.1 Å². The second kappa shape index (κ2) is 10.8. The third-order valence-corrected chi connectivity index (χ3v) is 5.85. The molecule has 0 spiro atoms. The molecular weight excluding hydrogens is 427 g/mol. The van der Waals surface area contributed by atoms with E-state index in [-0.39, 0.29) is 11.3 Å². The largest absolute Gasteiger partial charge is 0.345 e. The Labute approximate surface area is 188 Å². The Bertz CT molecular complexity index is 1240. The molecule has 6 nitrogen and oxygen atoms in total. The summed E-state index contributed by atoms with van der Waals surface area (Å²) in [5, 5.41) is 0.591. The molecule has 0 radical (unpaired) electrons. The van der Waals surface area contributed by atoms with Gasteiger partial charge in [-0.2, -0.15) is 0 Å². The summed E-state index contributed by atoms with van der Waals surface area (Å²) in [5.41, 5.74) is 2.46. The van der Waals surface area contributed by atoms with Crippen molar-refractivity contribution < 1.29 is 13.4 Å². The highest BCUT2D eigenvalue weighted by Crippen LogP contribution is 2.27. The van der Waals surface area contributed by atoms with Crippen LogP contribution in [0.2, 0.25) is 0 Å². The normalized spacial score (nSPS) is 11.5. The minimum absolute atomic E-state index is 0.0432. The van der Waals surface area contributed by atoms with Crippen molar-refractivity contribution in [3.63, 3.8) is 0 Å². The number of carbonyl (C=O) groups excluding carboxylic acids is 1. The van der Waals surface area contributed by atoms with Crippen LogP contribution in [0.5, 0.6) is 0 Å². The molecule has 166 valence electrons. The fraction of sp³-hybridized carbons (Fsp3) is 0.208. The topological polar surface area (TPSA) is 87.7 Å². The van der Waals surface area contributed by atoms with Gasteiger partial charge in [-0.25, -0.2) is 13.6 Å². The number of hydrogen-bond donors (Lipinski definition) is 2. The lowest BCUT2D eigenvalue weighted by molar-refractivity contribution is 0.103. The fourth-order valence-corrected chi connectivity index (χ4v) is 4.05. The summed E-state index contributed by atoms with van der Waals surface area (Å²) in [5.74, 6) is -0.811. The van der Waals surface area contributed by atoms with Crippen LogP contribution < -0.4 is 4.72 Å². The standard InChI is InChI=1S/C22H19FN4O2S.C2H6/c1-2-9-30(29)27-19-7-3-6-16(20(19)23)21(28)18-13-26-22-17(18)10-15(12-25-22)14-5-4-8-24-11-14;1-2/h3-8,10-13,27H,2,9H2,1H3,(H,25,26);1-2H3. The molecule has 0 fully saturated rings. The lowest BCUT2D eigenvalue weighted by Crippen LogP contribution is -2.12. The molecule has 0 saturated carbocycles. The van der Waals surface area contributed by atoms with Crippen LogP contribution in [-0.4, -0.2) is 30.7 Å². The van der Waals surface area contributed by atoms with Crippen molar-refractivity contribution in [2.24, 2.45) is 0 Å². The van der Waals surface area contributed by atoms with Crippen LogP contribution in [0, 0.1) is 5.82 Å². The molecule has 1 aromatic carbocycles. The summed E-state index contributed by atoms with van der Waals surface area (Å²) in [6.07, 6.45) is 7.31. The van der Waals surface area contributed by atoms with Gasteiger partial charge in [0.2, 0.25) is 0 Å². The van der Waals surface area contributed by atoms with E-state index in [2.05, 4.69) is 19.7 Å². The number of anilines is 1. The number of benzene rings is 1. The monoisotopic (exact) mass is 452 g/mol. The highest BCUT2D eigenvalue weighted by atomic mass is 32.2. The molecule has 3 heterocycles. The second-order valence-corrected chi connectivity index (χ2v) is 8.02. The summed E-state index contributed by atoms with van der Waals surface area (Å²) in [6, 6.07) is 10.0. The number of rotatable bonds is 7. The Kier molecular flexibility index (Phi) is 7.83. The zero-order valence-corrected chi connectivity index (χ0v) is 19.0. The smallest absolute Gasteiger partial charge is 0.198 e. The number of carbonyl (C=O) groups is 1. The number of fused-ring (bicyclic) bond motifs is 1. The summed E-state index contributed by atoms with van der Waals surface area (Å²) in [7, 11) is -1.41. The summed E-state index contributed by atoms with van der Waals surface area (Å²) in [4.78, 5) is 24.6. The van der Waals surface area contributed by atoms with Crippen LogP contribution in [0.15, 0.2) is 61.2 Å². The third-order valence-electron chi connectivity index (χ3n) is 4.63. The van der Waals surface area contributed by atoms with Crippen molar-refractivity contribution in [1.29, 1.82) is 0 Å². The Morgan fingerprint density at radius 3 is 2.66 bits per heavy atom. The van der Waals surface area contributed by atoms with Gasteiger partial charge in [0.05, 0.1) is 11.3 Å². The SMILES string of the molecule is CC.CCCS(=O)Nc1cccc(C(=O)c2c[nH]c3ncc(-c4cccnc4)cc23)c1F. The van der Waals surface area contributed by atoms with Crippen molar-refractivity contribution in [2.45, 2.75) is 27.2 Å². The van der Waals surface area contributed by atoms with E-state index in [1.165, 1.54) is 18.3 Å². The number of halogens is 1. The minimum atomic E-state index is -1.41. The number of nitrogens with zero attached hydrogens (tertiary/aromatic N) is 2. The number of H-pyrrole nitrogens is 1. The van der Waals surface area contributed by atoms with Crippen LogP contribution in [0.1, 0.15) is 43.1 Å². The molecule has 0 saturated heterocycles. The quantitative estimate of drug-likeness (QED) is 0.362. The predicted octanol–water partition coefficient (Wildman–Crippen LogP) is 5.51. The molecule has 0 amide bonds. The molecule has 1 atom stereocenters. The Hall–Kier alpha value is -3.39. The fourth-order valence-electron chi connectivity index (χ4n) is 3.17. The molecule has 4 rings (SSSR count). The number of aromatic nitrogens is 3. The van der Waals surface area contributed by atoms with Gasteiger partial charge in [0.1, 0.15) is 16.6 Å². The molecule has 3 aromatic heterocycles. The lowest BCUT2D eigenvalue weighted by Gasteiger charge is -2.09. The molecule has 8 heteroatoms. The van der Waals surface area contributed by atoms with Gasteiger partial charge >= 0.3 is 0 Å². The predicted molar refractivity (Wildman–Crippen MR) is 127 cm³/mol. The first-order valence-corrected chi connectivity index (χ1v) is 11.8. The molecule has 32 heavy (non-hydrogen) atoms. The maximum Gasteiger partial charge on any atom is 0.198 e. The first-order chi connectivity index (χ1) is 15.6. The minimum Gasteiger partial charge on any atom is -0.345 e. The number of nitrogens with one attached hydrogen (secondary N) is 2. The summed E-state index contributed by atoms with van der Waals surface area (Å²) in [6.45, 7) is 5.89. The Balaban J connectivity index is 0.00000141. The van der Waals surface area contributed by atoms with Gasteiger partial charge in [0.25, 0.3) is 0 Å². The molecular formula is C24H25FN4O2S. The van der Waals surface area contributed by atoms with E-state index in [1.54, 1.807) is 24.7 Å². The van der Waals surface area contributed by atoms with E-state index in [4.69, 9.17) is 0 Å². The zero-order valence-electron chi connectivity index (χ0n) is 18.2. The second-order valence-electron chi connectivity index (χ2n) is 6.71. The van der Waals surface area contributed by atoms with Crippen LogP contribution >= 0.6 is 0 Å². The van der Waals surface area contributed by atoms with Crippen molar-refractivity contribution in [2.75, 3.05) is 10.5 Å². The van der Waals surface area contributed by atoms with Gasteiger partial charge in [-0.1, -0.05) is 32.9 Å². The maximum atomic E-state index is 15.0. The molecule has 0 aliphatic heterocycles. The summed E-state index contributed by atoms with van der Waals surface area (Å²) >= 11 is 0. The first-order valence-electron chi connectivity index (χ1n) is 10.4. The van der Waals surface area contributed by atoms with Crippen molar-refractivity contribution in [1.82, 2.24) is 15.0 Å². The number of aromatic amines is 1. The van der Waals surface area contributed by atoms with Gasteiger partial charge in [-0.15, -0.1) is 0 Å². The van der Waals surface area contributed by atoms with Gasteiger partial charge in [-0.05, 0) is 30.7 Å². The first kappa shape index (κ1) is 23.3. The van der Waals surface area contributed by atoms with E-state index in [1.807, 2.05) is 39.0 Å². The van der Waals surface area contributed by atoms with E-state index in [0.717, 1.165) is 11.1 Å². The average molecular weight is 453 g/mol. The molecule has 0 bridgehead atoms. The van der Waals surface area contributed by atoms with Gasteiger partial charge < -0.3 is 9.71 Å². The molecule has 2 N–H and O–H groups in total. The molecule has 0 aliphatic carbocycles. The third kappa shape index (κ3) is 4.91. The molecule has 4 aromatic rings. The Morgan fingerprint density at radius 2 is 1.94 bits per heavy atom. The number of hydrogen-bond acceptors (Lipinski definition) is 4. The van der Waals surface area contributed by atoms with E-state index >= 15 is 4.39 Å². The van der Waals surface area contributed by atoms with Crippen LogP contribution in [0.3, 0.4) is 0 Å². The average Bonchev–Trinajstić information content (AvgIpc) is 3.25. The maximum absolute atomic E-state index is 15.0. The Morgan fingerprint density at radius 1 is 1.12 bits per heavy atom. The van der Waals surface area contributed by atoms with E-state index < -0.39 is 22.6 Å². The van der Waals surface area contributed by atoms with Crippen molar-refractivity contribution in [3.8, 4) is 11.1 Å². The highest BCUT2D eigenvalue weighted by molar-refractivity contribution is 7.86. The van der Waals surface area contributed by atoms with Crippen LogP contribution in [0.25, 0.3) is 22.2 Å². The van der Waals surface area contributed by atoms with Crippen molar-refractivity contribution >= 4 is 33.5 Å². The number of pyridine rings is 2. The van der Waals surface area contributed by atoms with Gasteiger partial charge in [-0.3, -0.25) is 9.78 Å². The molecule has 1 unspecified atom stereocenters. The molecule has 0 aliphatic rings.